The smallest absolute Gasteiger partial charge is 0.306 e. The van der Waals surface area contributed by atoms with Crippen LogP contribution in [0.1, 0.15) is 239 Å². The molecule has 1 atom stereocenters. The molecule has 0 aromatic rings. The van der Waals surface area contributed by atoms with Gasteiger partial charge in [0, 0.05) is 12.8 Å². The monoisotopic (exact) mass is 701 g/mol. The summed E-state index contributed by atoms with van der Waals surface area (Å²) in [4.78, 5) is 23.4. The van der Waals surface area contributed by atoms with Gasteiger partial charge in [-0.2, -0.15) is 0 Å². The van der Waals surface area contributed by atoms with E-state index in [2.05, 4.69) is 50.3 Å². The minimum atomic E-state index is -0.693. The van der Waals surface area contributed by atoms with Crippen molar-refractivity contribution in [2.45, 2.75) is 245 Å². The lowest BCUT2D eigenvalue weighted by Crippen LogP contribution is -2.18. The number of carboxylic acids is 1. The first-order valence-electron chi connectivity index (χ1n) is 22.0. The predicted molar refractivity (Wildman–Crippen MR) is 218 cm³/mol. The van der Waals surface area contributed by atoms with Gasteiger partial charge in [0.15, 0.2) is 0 Å². The zero-order valence-corrected chi connectivity index (χ0v) is 33.5. The summed E-state index contributed by atoms with van der Waals surface area (Å²) in [5.74, 6) is -0.689. The van der Waals surface area contributed by atoms with Gasteiger partial charge in [-0.3, -0.25) is 9.59 Å². The predicted octanol–water partition coefficient (Wildman–Crippen LogP) is 15.3. The van der Waals surface area contributed by atoms with Crippen LogP contribution in [0.15, 0.2) is 36.5 Å². The van der Waals surface area contributed by atoms with Gasteiger partial charge in [-0.1, -0.05) is 166 Å². The van der Waals surface area contributed by atoms with E-state index >= 15 is 0 Å². The van der Waals surface area contributed by atoms with Crippen LogP contribution in [0.2, 0.25) is 0 Å². The Morgan fingerprint density at radius 1 is 0.440 bits per heavy atom. The number of hydrogen-bond donors (Lipinski definition) is 1. The molecule has 0 aliphatic heterocycles. The van der Waals surface area contributed by atoms with E-state index < -0.39 is 5.97 Å². The largest absolute Gasteiger partial charge is 0.481 e. The number of hydrogen-bond acceptors (Lipinski definition) is 3. The van der Waals surface area contributed by atoms with Gasteiger partial charge in [0.2, 0.25) is 0 Å². The van der Waals surface area contributed by atoms with Crippen LogP contribution in [-0.2, 0) is 14.3 Å². The van der Waals surface area contributed by atoms with Crippen molar-refractivity contribution in [1.82, 2.24) is 0 Å². The highest BCUT2D eigenvalue weighted by atomic mass is 16.5. The van der Waals surface area contributed by atoms with Crippen molar-refractivity contribution in [3.8, 4) is 0 Å². The molecule has 292 valence electrons. The van der Waals surface area contributed by atoms with Crippen LogP contribution < -0.4 is 0 Å². The fraction of sp³-hybridized carbons (Fsp3) is 0.826. The normalized spacial score (nSPS) is 12.5. The van der Waals surface area contributed by atoms with Gasteiger partial charge in [0.25, 0.3) is 0 Å². The van der Waals surface area contributed by atoms with Crippen LogP contribution in [0.25, 0.3) is 0 Å². The first kappa shape index (κ1) is 48.2. The molecule has 1 N–H and O–H groups in total. The van der Waals surface area contributed by atoms with Crippen LogP contribution in [0.5, 0.6) is 0 Å². The molecule has 0 aliphatic rings. The van der Waals surface area contributed by atoms with Crippen molar-refractivity contribution >= 4 is 11.9 Å². The van der Waals surface area contributed by atoms with Crippen molar-refractivity contribution in [2.24, 2.45) is 0 Å². The number of ether oxygens (including phenoxy) is 1. The zero-order chi connectivity index (χ0) is 36.4. The second-order valence-electron chi connectivity index (χ2n) is 14.9. The number of allylic oxidation sites excluding steroid dienone is 6. The third-order valence-electron chi connectivity index (χ3n) is 9.83. The third kappa shape index (κ3) is 40.6. The summed E-state index contributed by atoms with van der Waals surface area (Å²) in [5.41, 5.74) is 0. The SMILES string of the molecule is CCCCC/C=C\C/C=C\CCCC/C=C\CCCCCCCC(=O)OC(CCCCCCCCCCCC)CCCCCCCCC(=O)O. The van der Waals surface area contributed by atoms with E-state index in [9.17, 15) is 9.59 Å². The first-order valence-corrected chi connectivity index (χ1v) is 22.0. The summed E-state index contributed by atoms with van der Waals surface area (Å²) in [6.07, 6.45) is 54.6. The van der Waals surface area contributed by atoms with Gasteiger partial charge in [-0.05, 0) is 96.3 Å². The Kier molecular flexibility index (Phi) is 40.0. The van der Waals surface area contributed by atoms with Crippen molar-refractivity contribution in [2.75, 3.05) is 0 Å². The maximum atomic E-state index is 12.7. The Bertz CT molecular complexity index is 798. The molecule has 4 heteroatoms. The van der Waals surface area contributed by atoms with E-state index in [1.807, 2.05) is 0 Å². The number of unbranched alkanes of at least 4 members (excludes halogenated alkanes) is 25. The highest BCUT2D eigenvalue weighted by molar-refractivity contribution is 5.69. The molecule has 1 unspecified atom stereocenters. The van der Waals surface area contributed by atoms with Crippen LogP contribution in [0, 0.1) is 0 Å². The molecular weight excluding hydrogens is 617 g/mol. The number of carbonyl (C=O) groups excluding carboxylic acids is 1. The fourth-order valence-corrected chi connectivity index (χ4v) is 6.56. The van der Waals surface area contributed by atoms with Gasteiger partial charge in [-0.25, -0.2) is 0 Å². The molecule has 0 radical (unpaired) electrons. The van der Waals surface area contributed by atoms with E-state index in [-0.39, 0.29) is 18.5 Å². The van der Waals surface area contributed by atoms with E-state index in [1.165, 1.54) is 135 Å². The lowest BCUT2D eigenvalue weighted by molar-refractivity contribution is -0.150. The summed E-state index contributed by atoms with van der Waals surface area (Å²) in [7, 11) is 0. The second kappa shape index (κ2) is 41.6. The Balaban J connectivity index is 3.97. The van der Waals surface area contributed by atoms with Crippen molar-refractivity contribution in [1.29, 1.82) is 0 Å². The van der Waals surface area contributed by atoms with Crippen LogP contribution in [0.4, 0.5) is 0 Å². The highest BCUT2D eigenvalue weighted by Crippen LogP contribution is 2.19. The third-order valence-corrected chi connectivity index (χ3v) is 9.83. The molecule has 50 heavy (non-hydrogen) atoms. The average Bonchev–Trinajstić information content (AvgIpc) is 3.10. The molecule has 0 bridgehead atoms. The minimum absolute atomic E-state index is 0.00353. The molecule has 0 aromatic carbocycles. The van der Waals surface area contributed by atoms with E-state index in [4.69, 9.17) is 9.84 Å². The number of rotatable bonds is 40. The van der Waals surface area contributed by atoms with Crippen LogP contribution in [0.3, 0.4) is 0 Å². The zero-order valence-electron chi connectivity index (χ0n) is 33.5. The highest BCUT2D eigenvalue weighted by Gasteiger charge is 2.14. The molecule has 0 fully saturated rings. The minimum Gasteiger partial charge on any atom is -0.481 e. The van der Waals surface area contributed by atoms with Gasteiger partial charge < -0.3 is 9.84 Å². The number of carbonyl (C=O) groups is 2. The maximum absolute atomic E-state index is 12.7. The molecule has 0 rings (SSSR count). The van der Waals surface area contributed by atoms with Crippen LogP contribution >= 0.6 is 0 Å². The van der Waals surface area contributed by atoms with Crippen LogP contribution in [-0.4, -0.2) is 23.1 Å². The molecule has 0 heterocycles. The summed E-state index contributed by atoms with van der Waals surface area (Å²) < 4.78 is 6.03. The summed E-state index contributed by atoms with van der Waals surface area (Å²) in [6, 6.07) is 0. The van der Waals surface area contributed by atoms with Gasteiger partial charge in [0.05, 0.1) is 0 Å². The fourth-order valence-electron chi connectivity index (χ4n) is 6.56. The molecule has 4 nitrogen and oxygen atoms in total. The first-order chi connectivity index (χ1) is 24.6. The maximum Gasteiger partial charge on any atom is 0.306 e. The summed E-state index contributed by atoms with van der Waals surface area (Å²) >= 11 is 0. The van der Waals surface area contributed by atoms with Crippen molar-refractivity contribution in [3.63, 3.8) is 0 Å². The summed E-state index contributed by atoms with van der Waals surface area (Å²) in [6.45, 7) is 4.53. The Morgan fingerprint density at radius 3 is 1.26 bits per heavy atom. The lowest BCUT2D eigenvalue weighted by Gasteiger charge is -2.18. The number of carboxylic acid groups (broad SMARTS) is 1. The van der Waals surface area contributed by atoms with Gasteiger partial charge in [0.1, 0.15) is 6.10 Å². The van der Waals surface area contributed by atoms with E-state index in [1.54, 1.807) is 0 Å². The van der Waals surface area contributed by atoms with Crippen molar-refractivity contribution < 1.29 is 19.4 Å². The average molecular weight is 701 g/mol. The topological polar surface area (TPSA) is 63.6 Å². The molecule has 0 aromatic heterocycles. The molecule has 0 spiro atoms. The van der Waals surface area contributed by atoms with Gasteiger partial charge >= 0.3 is 11.9 Å². The van der Waals surface area contributed by atoms with Crippen molar-refractivity contribution in [3.05, 3.63) is 36.5 Å². The molecule has 0 saturated carbocycles. The lowest BCUT2D eigenvalue weighted by atomic mass is 10.0. The van der Waals surface area contributed by atoms with Gasteiger partial charge in [-0.15, -0.1) is 0 Å². The molecular formula is C46H84O4. The number of aliphatic carboxylic acids is 1. The Hall–Kier alpha value is -1.84. The molecule has 0 saturated heterocycles. The Labute approximate surface area is 311 Å². The standard InChI is InChI=1S/C46H84O4/c1-3-5-7-9-11-13-15-16-17-18-19-20-21-22-23-24-25-27-29-35-39-43-46(49)50-44(41-37-33-30-31-34-38-42-45(47)48)40-36-32-28-26-14-12-10-8-6-4-2/h11,13,16-17,22-23,44H,3-10,12,14-15,18-21,24-43H2,1-2H3,(H,47,48)/b13-11-,17-16-,23-22-. The van der Waals surface area contributed by atoms with E-state index in [0.717, 1.165) is 77.0 Å². The molecule has 0 amide bonds. The Morgan fingerprint density at radius 2 is 0.780 bits per heavy atom. The molecule has 0 aliphatic carbocycles. The second-order valence-corrected chi connectivity index (χ2v) is 14.9. The quantitative estimate of drug-likeness (QED) is 0.0393. The van der Waals surface area contributed by atoms with E-state index in [0.29, 0.717) is 6.42 Å². The number of esters is 1. The summed E-state index contributed by atoms with van der Waals surface area (Å²) in [5, 5.41) is 8.80.